The summed E-state index contributed by atoms with van der Waals surface area (Å²) in [5, 5.41) is 11.3. The lowest BCUT2D eigenvalue weighted by atomic mass is 10.2. The second-order valence-electron chi connectivity index (χ2n) is 4.25. The SMILES string of the molecule is CCC(NC(=O)C(CC)Oc1ccccc1F)C(=O)O. The van der Waals surface area contributed by atoms with E-state index in [0.717, 1.165) is 0 Å². The molecule has 0 aliphatic rings. The van der Waals surface area contributed by atoms with Crippen LogP contribution in [0, 0.1) is 5.82 Å². The first-order valence-corrected chi connectivity index (χ1v) is 6.43. The van der Waals surface area contributed by atoms with Crippen molar-refractivity contribution in [3.63, 3.8) is 0 Å². The summed E-state index contributed by atoms with van der Waals surface area (Å²) in [5.41, 5.74) is 0. The van der Waals surface area contributed by atoms with Gasteiger partial charge in [0.1, 0.15) is 6.04 Å². The van der Waals surface area contributed by atoms with Crippen LogP contribution in [0.1, 0.15) is 26.7 Å². The molecule has 0 bridgehead atoms. The zero-order valence-electron chi connectivity index (χ0n) is 11.4. The Hall–Kier alpha value is -2.11. The molecule has 6 heteroatoms. The summed E-state index contributed by atoms with van der Waals surface area (Å²) in [4.78, 5) is 22.8. The Morgan fingerprint density at radius 2 is 1.95 bits per heavy atom. The number of nitrogens with one attached hydrogen (secondary N) is 1. The largest absolute Gasteiger partial charge is 0.480 e. The fourth-order valence-corrected chi connectivity index (χ4v) is 1.62. The number of carboxylic acids is 1. The van der Waals surface area contributed by atoms with Crippen molar-refractivity contribution in [2.75, 3.05) is 0 Å². The van der Waals surface area contributed by atoms with E-state index in [1.807, 2.05) is 0 Å². The minimum atomic E-state index is -1.11. The van der Waals surface area contributed by atoms with Crippen molar-refractivity contribution in [2.45, 2.75) is 38.8 Å². The zero-order chi connectivity index (χ0) is 15.1. The number of benzene rings is 1. The molecule has 0 aromatic heterocycles. The third kappa shape index (κ3) is 4.22. The summed E-state index contributed by atoms with van der Waals surface area (Å²) in [6.45, 7) is 3.35. The topological polar surface area (TPSA) is 75.6 Å². The number of hydrogen-bond acceptors (Lipinski definition) is 3. The number of carboxylic acid groups (broad SMARTS) is 1. The standard InChI is InChI=1S/C14H18FNO4/c1-3-10(14(18)19)16-13(17)11(4-2)20-12-8-6-5-7-9(12)15/h5-8,10-11H,3-4H2,1-2H3,(H,16,17)(H,18,19). The van der Waals surface area contributed by atoms with Crippen LogP contribution in [0.3, 0.4) is 0 Å². The van der Waals surface area contributed by atoms with E-state index in [2.05, 4.69) is 5.32 Å². The summed E-state index contributed by atoms with van der Waals surface area (Å²) in [7, 11) is 0. The molecule has 110 valence electrons. The molecule has 2 unspecified atom stereocenters. The van der Waals surface area contributed by atoms with Gasteiger partial charge in [0, 0.05) is 0 Å². The molecule has 0 saturated carbocycles. The third-order valence-electron chi connectivity index (χ3n) is 2.79. The van der Waals surface area contributed by atoms with E-state index < -0.39 is 29.8 Å². The van der Waals surface area contributed by atoms with Crippen LogP contribution in [0.4, 0.5) is 4.39 Å². The molecular weight excluding hydrogens is 265 g/mol. The Morgan fingerprint density at radius 1 is 1.30 bits per heavy atom. The molecule has 0 spiro atoms. The molecule has 0 radical (unpaired) electrons. The molecule has 5 nitrogen and oxygen atoms in total. The van der Waals surface area contributed by atoms with Gasteiger partial charge < -0.3 is 15.2 Å². The maximum atomic E-state index is 13.5. The van der Waals surface area contributed by atoms with Gasteiger partial charge in [0.15, 0.2) is 17.7 Å². The van der Waals surface area contributed by atoms with Gasteiger partial charge in [-0.05, 0) is 25.0 Å². The molecule has 1 aromatic rings. The summed E-state index contributed by atoms with van der Waals surface area (Å²) in [6, 6.07) is 4.78. The minimum absolute atomic E-state index is 0.0297. The van der Waals surface area contributed by atoms with Crippen molar-refractivity contribution in [3.05, 3.63) is 30.1 Å². The fourth-order valence-electron chi connectivity index (χ4n) is 1.62. The maximum Gasteiger partial charge on any atom is 0.326 e. The molecule has 2 atom stereocenters. The van der Waals surface area contributed by atoms with Gasteiger partial charge >= 0.3 is 5.97 Å². The molecule has 20 heavy (non-hydrogen) atoms. The molecular formula is C14H18FNO4. The van der Waals surface area contributed by atoms with E-state index in [9.17, 15) is 14.0 Å². The summed E-state index contributed by atoms with van der Waals surface area (Å²) >= 11 is 0. The van der Waals surface area contributed by atoms with Crippen LogP contribution in [0.15, 0.2) is 24.3 Å². The smallest absolute Gasteiger partial charge is 0.326 e. The van der Waals surface area contributed by atoms with Gasteiger partial charge in [-0.25, -0.2) is 9.18 Å². The van der Waals surface area contributed by atoms with Crippen molar-refractivity contribution in [3.8, 4) is 5.75 Å². The predicted molar refractivity (Wildman–Crippen MR) is 71.0 cm³/mol. The van der Waals surface area contributed by atoms with Gasteiger partial charge in [0.2, 0.25) is 0 Å². The summed E-state index contributed by atoms with van der Waals surface area (Å²) in [6.07, 6.45) is -0.367. The van der Waals surface area contributed by atoms with Crippen LogP contribution in [-0.2, 0) is 9.59 Å². The number of para-hydroxylation sites is 1. The molecule has 1 amide bonds. The van der Waals surface area contributed by atoms with Crippen LogP contribution < -0.4 is 10.1 Å². The summed E-state index contributed by atoms with van der Waals surface area (Å²) < 4.78 is 18.8. The lowest BCUT2D eigenvalue weighted by molar-refractivity contribution is -0.143. The first kappa shape index (κ1) is 15.9. The minimum Gasteiger partial charge on any atom is -0.480 e. The lowest BCUT2D eigenvalue weighted by Gasteiger charge is -2.20. The number of hydrogen-bond donors (Lipinski definition) is 2. The molecule has 0 heterocycles. The van der Waals surface area contributed by atoms with Crippen molar-refractivity contribution < 1.29 is 23.8 Å². The number of carbonyl (C=O) groups excluding carboxylic acids is 1. The second-order valence-corrected chi connectivity index (χ2v) is 4.25. The fraction of sp³-hybridized carbons (Fsp3) is 0.429. The maximum absolute atomic E-state index is 13.5. The van der Waals surface area contributed by atoms with E-state index in [1.54, 1.807) is 19.9 Å². The van der Waals surface area contributed by atoms with E-state index in [0.29, 0.717) is 6.42 Å². The average Bonchev–Trinajstić information content (AvgIpc) is 2.43. The molecule has 0 aliphatic heterocycles. The zero-order valence-corrected chi connectivity index (χ0v) is 11.4. The van der Waals surface area contributed by atoms with E-state index >= 15 is 0 Å². The van der Waals surface area contributed by atoms with Crippen molar-refractivity contribution in [1.82, 2.24) is 5.32 Å². The van der Waals surface area contributed by atoms with Crippen LogP contribution in [-0.4, -0.2) is 29.1 Å². The second kappa shape index (κ2) is 7.47. The van der Waals surface area contributed by atoms with Crippen molar-refractivity contribution >= 4 is 11.9 Å². The number of ether oxygens (including phenoxy) is 1. The highest BCUT2D eigenvalue weighted by Gasteiger charge is 2.24. The van der Waals surface area contributed by atoms with Crippen LogP contribution in [0.2, 0.25) is 0 Å². The normalized spacial score (nSPS) is 13.3. The average molecular weight is 283 g/mol. The van der Waals surface area contributed by atoms with Crippen molar-refractivity contribution in [2.24, 2.45) is 0 Å². The first-order chi connectivity index (χ1) is 9.49. The van der Waals surface area contributed by atoms with E-state index in [1.165, 1.54) is 18.2 Å². The van der Waals surface area contributed by atoms with Crippen LogP contribution in [0.5, 0.6) is 5.75 Å². The molecule has 1 rings (SSSR count). The van der Waals surface area contributed by atoms with Gasteiger partial charge in [-0.3, -0.25) is 4.79 Å². The number of amides is 1. The highest BCUT2D eigenvalue weighted by Crippen LogP contribution is 2.18. The van der Waals surface area contributed by atoms with Gasteiger partial charge in [-0.15, -0.1) is 0 Å². The van der Waals surface area contributed by atoms with Gasteiger partial charge in [-0.1, -0.05) is 26.0 Å². The Balaban J connectivity index is 2.73. The Morgan fingerprint density at radius 3 is 2.45 bits per heavy atom. The number of rotatable bonds is 7. The van der Waals surface area contributed by atoms with E-state index in [-0.39, 0.29) is 12.2 Å². The number of carbonyl (C=O) groups is 2. The van der Waals surface area contributed by atoms with Gasteiger partial charge in [-0.2, -0.15) is 0 Å². The van der Waals surface area contributed by atoms with Crippen LogP contribution in [0.25, 0.3) is 0 Å². The predicted octanol–water partition coefficient (Wildman–Crippen LogP) is 1.96. The number of halogens is 1. The van der Waals surface area contributed by atoms with Gasteiger partial charge in [0.25, 0.3) is 5.91 Å². The Kier molecular flexibility index (Phi) is 5.96. The molecule has 0 aliphatic carbocycles. The quantitative estimate of drug-likeness (QED) is 0.802. The van der Waals surface area contributed by atoms with Gasteiger partial charge in [0.05, 0.1) is 0 Å². The van der Waals surface area contributed by atoms with Crippen molar-refractivity contribution in [1.29, 1.82) is 0 Å². The monoisotopic (exact) mass is 283 g/mol. The first-order valence-electron chi connectivity index (χ1n) is 6.43. The van der Waals surface area contributed by atoms with Crippen LogP contribution >= 0.6 is 0 Å². The Bertz CT molecular complexity index is 478. The highest BCUT2D eigenvalue weighted by molar-refractivity contribution is 5.86. The highest BCUT2D eigenvalue weighted by atomic mass is 19.1. The lowest BCUT2D eigenvalue weighted by Crippen LogP contribution is -2.46. The molecule has 0 saturated heterocycles. The molecule has 1 aromatic carbocycles. The Labute approximate surface area is 116 Å². The number of aliphatic carboxylic acids is 1. The molecule has 2 N–H and O–H groups in total. The van der Waals surface area contributed by atoms with E-state index in [4.69, 9.17) is 9.84 Å². The molecule has 0 fully saturated rings. The summed E-state index contributed by atoms with van der Waals surface area (Å²) in [5.74, 6) is -2.27. The third-order valence-corrected chi connectivity index (χ3v) is 2.79.